The standard InChI is InChI=1S/C18H17F2N3O5S2/c19-18(20)29-16-4-2-1-3-15(16)17(24)21-9-11-22(12-10-21)30(27,28)14-7-5-13(6-8-14)23(25)26/h1-8,18H,9-12H2. The van der Waals surface area contributed by atoms with Gasteiger partial charge in [0.15, 0.2) is 0 Å². The van der Waals surface area contributed by atoms with Gasteiger partial charge in [0.2, 0.25) is 10.0 Å². The molecule has 0 spiro atoms. The predicted molar refractivity (Wildman–Crippen MR) is 106 cm³/mol. The molecular weight excluding hydrogens is 440 g/mol. The Hall–Kier alpha value is -2.57. The van der Waals surface area contributed by atoms with Gasteiger partial charge in [0, 0.05) is 43.2 Å². The molecule has 160 valence electrons. The quantitative estimate of drug-likeness (QED) is 0.375. The molecule has 1 amide bonds. The maximum absolute atomic E-state index is 12.8. The lowest BCUT2D eigenvalue weighted by molar-refractivity contribution is -0.384. The number of rotatable bonds is 6. The molecule has 8 nitrogen and oxygen atoms in total. The van der Waals surface area contributed by atoms with Crippen molar-refractivity contribution < 1.29 is 26.9 Å². The molecule has 1 aliphatic rings. The lowest BCUT2D eigenvalue weighted by Crippen LogP contribution is -2.50. The Kier molecular flexibility index (Phi) is 6.68. The van der Waals surface area contributed by atoms with Crippen LogP contribution in [-0.2, 0) is 10.0 Å². The van der Waals surface area contributed by atoms with E-state index in [0.29, 0.717) is 0 Å². The van der Waals surface area contributed by atoms with Crippen molar-refractivity contribution in [3.8, 4) is 0 Å². The third-order valence-corrected chi connectivity index (χ3v) is 7.25. The summed E-state index contributed by atoms with van der Waals surface area (Å²) in [5.41, 5.74) is -0.0702. The highest BCUT2D eigenvalue weighted by atomic mass is 32.2. The van der Waals surface area contributed by atoms with E-state index in [0.717, 1.165) is 12.1 Å². The number of piperazine rings is 1. The molecule has 0 bridgehead atoms. The number of nitro groups is 1. The minimum atomic E-state index is -3.87. The number of alkyl halides is 2. The summed E-state index contributed by atoms with van der Waals surface area (Å²) in [6.45, 7) is 0.238. The van der Waals surface area contributed by atoms with Crippen LogP contribution in [-0.4, -0.2) is 60.4 Å². The van der Waals surface area contributed by atoms with Crippen LogP contribution in [0.4, 0.5) is 14.5 Å². The van der Waals surface area contributed by atoms with Crippen molar-refractivity contribution in [3.63, 3.8) is 0 Å². The molecule has 1 fully saturated rings. The van der Waals surface area contributed by atoms with Gasteiger partial charge in [-0.1, -0.05) is 23.9 Å². The number of carbonyl (C=O) groups excluding carboxylic acids is 1. The first-order chi connectivity index (χ1) is 14.2. The van der Waals surface area contributed by atoms with Gasteiger partial charge in [-0.05, 0) is 24.3 Å². The summed E-state index contributed by atoms with van der Waals surface area (Å²) in [6.07, 6.45) is 0. The minimum absolute atomic E-state index is 0.0230. The fourth-order valence-corrected chi connectivity index (χ4v) is 5.09. The first kappa shape index (κ1) is 22.1. The van der Waals surface area contributed by atoms with Gasteiger partial charge in [0.05, 0.1) is 15.4 Å². The molecule has 1 heterocycles. The number of non-ortho nitro benzene ring substituents is 1. The fraction of sp³-hybridized carbons (Fsp3) is 0.278. The highest BCUT2D eigenvalue weighted by molar-refractivity contribution is 7.99. The second-order valence-electron chi connectivity index (χ2n) is 6.32. The van der Waals surface area contributed by atoms with E-state index in [-0.39, 0.29) is 59.0 Å². The molecular formula is C18H17F2N3O5S2. The molecule has 0 aromatic heterocycles. The van der Waals surface area contributed by atoms with Gasteiger partial charge < -0.3 is 4.90 Å². The highest BCUT2D eigenvalue weighted by Crippen LogP contribution is 2.29. The number of amides is 1. The summed E-state index contributed by atoms with van der Waals surface area (Å²) < 4.78 is 52.2. The molecule has 1 aliphatic heterocycles. The summed E-state index contributed by atoms with van der Waals surface area (Å²) in [4.78, 5) is 24.4. The van der Waals surface area contributed by atoms with Crippen molar-refractivity contribution >= 4 is 33.4 Å². The molecule has 12 heteroatoms. The zero-order chi connectivity index (χ0) is 21.9. The zero-order valence-corrected chi connectivity index (χ0v) is 17.1. The Morgan fingerprint density at radius 1 is 1.03 bits per heavy atom. The summed E-state index contributed by atoms with van der Waals surface area (Å²) in [5.74, 6) is -3.10. The van der Waals surface area contributed by atoms with Crippen LogP contribution in [0, 0.1) is 10.1 Å². The van der Waals surface area contributed by atoms with Gasteiger partial charge in [0.25, 0.3) is 17.4 Å². The van der Waals surface area contributed by atoms with Gasteiger partial charge in [0.1, 0.15) is 0 Å². The van der Waals surface area contributed by atoms with Gasteiger partial charge in [-0.25, -0.2) is 8.42 Å². The van der Waals surface area contributed by atoms with E-state index in [4.69, 9.17) is 0 Å². The van der Waals surface area contributed by atoms with E-state index in [1.165, 1.54) is 33.5 Å². The SMILES string of the molecule is O=C(c1ccccc1SC(F)F)N1CCN(S(=O)(=O)c2ccc([N+](=O)[O-])cc2)CC1. The van der Waals surface area contributed by atoms with Crippen molar-refractivity contribution in [1.29, 1.82) is 0 Å². The van der Waals surface area contributed by atoms with Gasteiger partial charge in [-0.3, -0.25) is 14.9 Å². The molecule has 0 radical (unpaired) electrons. The molecule has 0 aliphatic carbocycles. The number of halogens is 2. The number of hydrogen-bond acceptors (Lipinski definition) is 6. The predicted octanol–water partition coefficient (Wildman–Crippen LogP) is 3.06. The van der Waals surface area contributed by atoms with Crippen molar-refractivity contribution in [2.45, 2.75) is 15.5 Å². The Bertz CT molecular complexity index is 1040. The molecule has 0 saturated carbocycles. The largest absolute Gasteiger partial charge is 0.336 e. The van der Waals surface area contributed by atoms with E-state index in [2.05, 4.69) is 0 Å². The van der Waals surface area contributed by atoms with E-state index in [1.807, 2.05) is 0 Å². The molecule has 2 aromatic rings. The maximum atomic E-state index is 12.8. The number of hydrogen-bond donors (Lipinski definition) is 0. The van der Waals surface area contributed by atoms with Crippen LogP contribution in [0.15, 0.2) is 58.3 Å². The van der Waals surface area contributed by atoms with Crippen LogP contribution >= 0.6 is 11.8 Å². The molecule has 0 N–H and O–H groups in total. The monoisotopic (exact) mass is 457 g/mol. The van der Waals surface area contributed by atoms with Crippen LogP contribution in [0.5, 0.6) is 0 Å². The van der Waals surface area contributed by atoms with Crippen molar-refractivity contribution in [3.05, 3.63) is 64.2 Å². The van der Waals surface area contributed by atoms with Crippen molar-refractivity contribution in [2.24, 2.45) is 0 Å². The molecule has 1 saturated heterocycles. The molecule has 0 atom stereocenters. The van der Waals surface area contributed by atoms with Gasteiger partial charge in [-0.15, -0.1) is 0 Å². The van der Waals surface area contributed by atoms with E-state index in [1.54, 1.807) is 12.1 Å². The van der Waals surface area contributed by atoms with Gasteiger partial charge in [-0.2, -0.15) is 13.1 Å². The topological polar surface area (TPSA) is 101 Å². The normalized spacial score (nSPS) is 15.4. The Morgan fingerprint density at radius 2 is 1.63 bits per heavy atom. The molecule has 2 aromatic carbocycles. The summed E-state index contributed by atoms with van der Waals surface area (Å²) >= 11 is 0.288. The van der Waals surface area contributed by atoms with Crippen LogP contribution in [0.25, 0.3) is 0 Å². The summed E-state index contributed by atoms with van der Waals surface area (Å²) in [6, 6.07) is 10.6. The lowest BCUT2D eigenvalue weighted by atomic mass is 10.2. The number of thioether (sulfide) groups is 1. The average molecular weight is 457 g/mol. The molecule has 3 rings (SSSR count). The van der Waals surface area contributed by atoms with E-state index >= 15 is 0 Å². The number of nitro benzene ring substituents is 1. The van der Waals surface area contributed by atoms with Crippen LogP contribution in [0.2, 0.25) is 0 Å². The summed E-state index contributed by atoms with van der Waals surface area (Å²) in [7, 11) is -3.87. The first-order valence-corrected chi connectivity index (χ1v) is 11.1. The Labute approximate surface area is 175 Å². The summed E-state index contributed by atoms with van der Waals surface area (Å²) in [5, 5.41) is 10.7. The van der Waals surface area contributed by atoms with Crippen LogP contribution < -0.4 is 0 Å². The fourth-order valence-electron chi connectivity index (χ4n) is 3.03. The number of benzene rings is 2. The average Bonchev–Trinajstić information content (AvgIpc) is 2.73. The van der Waals surface area contributed by atoms with Crippen LogP contribution in [0.1, 0.15) is 10.4 Å². The van der Waals surface area contributed by atoms with E-state index in [9.17, 15) is 32.1 Å². The first-order valence-electron chi connectivity index (χ1n) is 8.78. The minimum Gasteiger partial charge on any atom is -0.336 e. The Morgan fingerprint density at radius 3 is 2.20 bits per heavy atom. The smallest absolute Gasteiger partial charge is 0.288 e. The number of carbonyl (C=O) groups is 1. The van der Waals surface area contributed by atoms with Crippen LogP contribution in [0.3, 0.4) is 0 Å². The lowest BCUT2D eigenvalue weighted by Gasteiger charge is -2.34. The second kappa shape index (κ2) is 9.06. The number of sulfonamides is 1. The van der Waals surface area contributed by atoms with Gasteiger partial charge >= 0.3 is 0 Å². The third-order valence-electron chi connectivity index (χ3n) is 4.54. The van der Waals surface area contributed by atoms with Crippen molar-refractivity contribution in [1.82, 2.24) is 9.21 Å². The zero-order valence-electron chi connectivity index (χ0n) is 15.5. The highest BCUT2D eigenvalue weighted by Gasteiger charge is 2.31. The van der Waals surface area contributed by atoms with Crippen molar-refractivity contribution in [2.75, 3.05) is 26.2 Å². The molecule has 0 unspecified atom stereocenters. The van der Waals surface area contributed by atoms with E-state index < -0.39 is 26.6 Å². The second-order valence-corrected chi connectivity index (χ2v) is 9.29. The number of nitrogens with zero attached hydrogens (tertiary/aromatic N) is 3. The maximum Gasteiger partial charge on any atom is 0.288 e. The molecule has 30 heavy (non-hydrogen) atoms. The third kappa shape index (κ3) is 4.77. The Balaban J connectivity index is 1.70.